The molecule has 0 heterocycles. The molecule has 1 aromatic rings. The van der Waals surface area contributed by atoms with Gasteiger partial charge in [0.1, 0.15) is 0 Å². The van der Waals surface area contributed by atoms with Gasteiger partial charge in [-0.2, -0.15) is 0 Å². The number of fused-ring (bicyclic) bond motifs is 1. The van der Waals surface area contributed by atoms with Gasteiger partial charge in [0, 0.05) is 0 Å². The number of allylic oxidation sites excluding steroid dienone is 1. The smallest absolute Gasteiger partial charge is 0.0716 e. The van der Waals surface area contributed by atoms with E-state index in [1.165, 1.54) is 16.7 Å². The Bertz CT molecular complexity index is 300. The van der Waals surface area contributed by atoms with E-state index in [1.54, 1.807) is 0 Å². The maximum absolute atomic E-state index is 5.60. The van der Waals surface area contributed by atoms with Gasteiger partial charge < -0.3 is 0 Å². The molecule has 1 aromatic carbocycles. The molecule has 0 fully saturated rings. The molecule has 0 aromatic heterocycles. The van der Waals surface area contributed by atoms with Crippen molar-refractivity contribution in [3.8, 4) is 0 Å². The third kappa shape index (κ3) is 1.01. The Kier molecular flexibility index (Phi) is 1.57. The van der Waals surface area contributed by atoms with Crippen molar-refractivity contribution in [3.05, 3.63) is 41.0 Å². The van der Waals surface area contributed by atoms with Crippen molar-refractivity contribution in [1.29, 1.82) is 0 Å². The predicted molar refractivity (Wildman–Crippen MR) is 48.6 cm³/mol. The van der Waals surface area contributed by atoms with Crippen LogP contribution in [0.15, 0.2) is 24.3 Å². The largest absolute Gasteiger partial charge is 0.0795 e. The lowest BCUT2D eigenvalue weighted by Gasteiger charge is -2.04. The van der Waals surface area contributed by atoms with E-state index in [0.717, 1.165) is 6.42 Å². The fourth-order valence-corrected chi connectivity index (χ4v) is 1.55. The van der Waals surface area contributed by atoms with Crippen molar-refractivity contribution >= 4 is 13.9 Å². The van der Waals surface area contributed by atoms with Crippen LogP contribution in [0.4, 0.5) is 0 Å². The van der Waals surface area contributed by atoms with Crippen molar-refractivity contribution in [2.75, 3.05) is 0 Å². The summed E-state index contributed by atoms with van der Waals surface area (Å²) >= 11 is 0. The van der Waals surface area contributed by atoms with Crippen LogP contribution in [0.3, 0.4) is 0 Å². The van der Waals surface area contributed by atoms with Crippen molar-refractivity contribution < 1.29 is 0 Å². The topological polar surface area (TPSA) is 0 Å². The Morgan fingerprint density at radius 1 is 1.36 bits per heavy atom. The lowest BCUT2D eigenvalue weighted by atomic mass is 9.91. The fourth-order valence-electron chi connectivity index (χ4n) is 1.55. The molecule has 52 valence electrons. The minimum absolute atomic E-state index is 0.658. The van der Waals surface area contributed by atoms with E-state index in [-0.39, 0.29) is 0 Å². The van der Waals surface area contributed by atoms with Gasteiger partial charge in [-0.05, 0) is 17.5 Å². The van der Waals surface area contributed by atoms with Crippen LogP contribution in [0, 0.1) is 0 Å². The number of rotatable bonds is 1. The Balaban J connectivity index is 2.55. The molecule has 0 saturated heterocycles. The second-order valence-electron chi connectivity index (χ2n) is 2.80. The summed E-state index contributed by atoms with van der Waals surface area (Å²) in [6, 6.07) is 6.31. The number of benzene rings is 1. The molecule has 0 amide bonds. The van der Waals surface area contributed by atoms with Crippen LogP contribution in [0.5, 0.6) is 0 Å². The van der Waals surface area contributed by atoms with Crippen molar-refractivity contribution in [1.82, 2.24) is 0 Å². The van der Waals surface area contributed by atoms with Gasteiger partial charge in [0.05, 0.1) is 7.85 Å². The van der Waals surface area contributed by atoms with Gasteiger partial charge in [-0.25, -0.2) is 0 Å². The highest BCUT2D eigenvalue weighted by molar-refractivity contribution is 6.08. The van der Waals surface area contributed by atoms with E-state index in [0.29, 0.717) is 6.32 Å². The van der Waals surface area contributed by atoms with Crippen LogP contribution in [0.25, 0.3) is 6.08 Å². The normalized spacial score (nSPS) is 13.5. The van der Waals surface area contributed by atoms with E-state index in [2.05, 4.69) is 30.4 Å². The molecule has 1 aliphatic carbocycles. The zero-order chi connectivity index (χ0) is 7.68. The highest BCUT2D eigenvalue weighted by Crippen LogP contribution is 2.22. The molecular weight excluding hydrogens is 131 g/mol. The standard InChI is InChI=1S/C10H9B/c11-7-9-5-1-3-8-4-2-6-10(8)9/h1-5H,6-7H2. The zero-order valence-corrected chi connectivity index (χ0v) is 6.38. The lowest BCUT2D eigenvalue weighted by Crippen LogP contribution is -1.92. The summed E-state index contributed by atoms with van der Waals surface area (Å²) in [5, 5.41) is 0. The molecule has 0 nitrogen and oxygen atoms in total. The van der Waals surface area contributed by atoms with Crippen LogP contribution in [-0.4, -0.2) is 7.85 Å². The molecule has 0 atom stereocenters. The van der Waals surface area contributed by atoms with Gasteiger partial charge in [-0.1, -0.05) is 42.2 Å². The van der Waals surface area contributed by atoms with Crippen LogP contribution in [0.1, 0.15) is 16.7 Å². The monoisotopic (exact) mass is 140 g/mol. The minimum atomic E-state index is 0.658. The Morgan fingerprint density at radius 3 is 3.09 bits per heavy atom. The maximum atomic E-state index is 5.60. The third-order valence-corrected chi connectivity index (χ3v) is 2.15. The quantitative estimate of drug-likeness (QED) is 0.522. The summed E-state index contributed by atoms with van der Waals surface area (Å²) in [6.07, 6.45) is 6.06. The number of hydrogen-bond donors (Lipinski definition) is 0. The molecule has 0 aliphatic heterocycles. The lowest BCUT2D eigenvalue weighted by molar-refractivity contribution is 1.22. The molecule has 11 heavy (non-hydrogen) atoms. The first kappa shape index (κ1) is 6.72. The summed E-state index contributed by atoms with van der Waals surface area (Å²) in [5.41, 5.74) is 4.04. The van der Waals surface area contributed by atoms with Crippen LogP contribution < -0.4 is 0 Å². The summed E-state index contributed by atoms with van der Waals surface area (Å²) in [7, 11) is 5.60. The molecule has 0 saturated carbocycles. The van der Waals surface area contributed by atoms with Gasteiger partial charge >= 0.3 is 0 Å². The van der Waals surface area contributed by atoms with Crippen molar-refractivity contribution in [2.24, 2.45) is 0 Å². The zero-order valence-electron chi connectivity index (χ0n) is 6.38. The van der Waals surface area contributed by atoms with Gasteiger partial charge in [0.2, 0.25) is 0 Å². The molecule has 0 bridgehead atoms. The summed E-state index contributed by atoms with van der Waals surface area (Å²) in [5.74, 6) is 0. The molecule has 0 spiro atoms. The van der Waals surface area contributed by atoms with Crippen LogP contribution in [0.2, 0.25) is 0 Å². The molecule has 1 heteroatoms. The predicted octanol–water partition coefficient (Wildman–Crippen LogP) is 1.92. The fraction of sp³-hybridized carbons (Fsp3) is 0.200. The van der Waals surface area contributed by atoms with E-state index >= 15 is 0 Å². The second kappa shape index (κ2) is 2.57. The Hall–Kier alpha value is -0.975. The van der Waals surface area contributed by atoms with Gasteiger partial charge in [0.15, 0.2) is 0 Å². The molecular formula is C10H9B. The minimum Gasteiger partial charge on any atom is -0.0795 e. The third-order valence-electron chi connectivity index (χ3n) is 2.15. The molecule has 2 radical (unpaired) electrons. The maximum Gasteiger partial charge on any atom is 0.0716 e. The van der Waals surface area contributed by atoms with Crippen LogP contribution in [-0.2, 0) is 12.7 Å². The SMILES string of the molecule is [B]Cc1cccc2c1CC=C2. The average molecular weight is 140 g/mol. The Morgan fingerprint density at radius 2 is 2.27 bits per heavy atom. The highest BCUT2D eigenvalue weighted by Gasteiger charge is 2.06. The second-order valence-corrected chi connectivity index (χ2v) is 2.80. The van der Waals surface area contributed by atoms with E-state index in [1.807, 2.05) is 0 Å². The summed E-state index contributed by atoms with van der Waals surface area (Å²) in [6.45, 7) is 0. The molecule has 0 unspecified atom stereocenters. The van der Waals surface area contributed by atoms with E-state index < -0.39 is 0 Å². The van der Waals surface area contributed by atoms with Crippen LogP contribution >= 0.6 is 0 Å². The van der Waals surface area contributed by atoms with E-state index in [4.69, 9.17) is 7.85 Å². The first-order valence-corrected chi connectivity index (χ1v) is 3.89. The molecule has 1 aliphatic rings. The van der Waals surface area contributed by atoms with Crippen molar-refractivity contribution in [2.45, 2.75) is 12.7 Å². The van der Waals surface area contributed by atoms with Gasteiger partial charge in [-0.3, -0.25) is 0 Å². The van der Waals surface area contributed by atoms with E-state index in [9.17, 15) is 0 Å². The molecule has 0 N–H and O–H groups in total. The van der Waals surface area contributed by atoms with Gasteiger partial charge in [-0.15, -0.1) is 0 Å². The summed E-state index contributed by atoms with van der Waals surface area (Å²) < 4.78 is 0. The van der Waals surface area contributed by atoms with Crippen molar-refractivity contribution in [3.63, 3.8) is 0 Å². The highest BCUT2D eigenvalue weighted by atomic mass is 14.1. The number of hydrogen-bond acceptors (Lipinski definition) is 0. The first-order chi connectivity index (χ1) is 5.42. The Labute approximate surface area is 68.3 Å². The first-order valence-electron chi connectivity index (χ1n) is 3.89. The average Bonchev–Trinajstić information content (AvgIpc) is 2.50. The molecule has 2 rings (SSSR count). The summed E-state index contributed by atoms with van der Waals surface area (Å²) in [4.78, 5) is 0. The van der Waals surface area contributed by atoms with Gasteiger partial charge in [0.25, 0.3) is 0 Å².